The van der Waals surface area contributed by atoms with Crippen molar-refractivity contribution in [3.05, 3.63) is 53.8 Å². The molecule has 2 aromatic carbocycles. The summed E-state index contributed by atoms with van der Waals surface area (Å²) in [6.07, 6.45) is 0.402. The van der Waals surface area contributed by atoms with E-state index in [0.29, 0.717) is 17.9 Å². The normalized spacial score (nSPS) is 10.0. The number of carbonyl (C=O) groups excluding carboxylic acids is 3. The van der Waals surface area contributed by atoms with Gasteiger partial charge in [-0.05, 0) is 36.2 Å². The van der Waals surface area contributed by atoms with Crippen molar-refractivity contribution in [2.45, 2.75) is 12.8 Å². The summed E-state index contributed by atoms with van der Waals surface area (Å²) < 4.78 is 28.6. The van der Waals surface area contributed by atoms with Crippen LogP contribution in [0.25, 0.3) is 0 Å². The van der Waals surface area contributed by atoms with Gasteiger partial charge >= 0.3 is 12.0 Å². The number of anilines is 1. The van der Waals surface area contributed by atoms with Crippen LogP contribution in [0.2, 0.25) is 0 Å². The van der Waals surface area contributed by atoms with Gasteiger partial charge in [-0.2, -0.15) is 0 Å². The van der Waals surface area contributed by atoms with Crippen molar-refractivity contribution in [2.24, 2.45) is 0 Å². The molecule has 8 nitrogen and oxygen atoms in total. The number of rotatable bonds is 8. The van der Waals surface area contributed by atoms with E-state index in [-0.39, 0.29) is 12.1 Å². The monoisotopic (exact) mass is 404 g/mol. The van der Waals surface area contributed by atoms with Crippen LogP contribution in [0.1, 0.15) is 12.0 Å². The molecule has 0 saturated carbocycles. The van der Waals surface area contributed by atoms with Gasteiger partial charge in [0.25, 0.3) is 5.91 Å². The van der Waals surface area contributed by atoms with Gasteiger partial charge in [0.05, 0.1) is 19.9 Å². The second-order valence-electron chi connectivity index (χ2n) is 5.83. The smallest absolute Gasteiger partial charge is 0.326 e. The number of nitrogens with one attached hydrogen (secondary N) is 2. The molecule has 0 radical (unpaired) electrons. The number of para-hydroxylation sites is 1. The van der Waals surface area contributed by atoms with Gasteiger partial charge in [0.1, 0.15) is 5.82 Å². The highest BCUT2D eigenvalue weighted by molar-refractivity contribution is 6.01. The highest BCUT2D eigenvalue weighted by Gasteiger charge is 2.13. The first-order valence-electron chi connectivity index (χ1n) is 8.64. The van der Waals surface area contributed by atoms with Crippen molar-refractivity contribution in [3.63, 3.8) is 0 Å². The topological polar surface area (TPSA) is 103 Å². The first kappa shape index (κ1) is 21.7. The lowest BCUT2D eigenvalue weighted by Gasteiger charge is -2.10. The molecule has 0 bridgehead atoms. The Balaban J connectivity index is 1.74. The van der Waals surface area contributed by atoms with E-state index in [1.807, 2.05) is 5.32 Å². The zero-order chi connectivity index (χ0) is 21.2. The number of hydrogen-bond acceptors (Lipinski definition) is 6. The van der Waals surface area contributed by atoms with Crippen LogP contribution in [-0.2, 0) is 20.7 Å². The molecule has 2 N–H and O–H groups in total. The van der Waals surface area contributed by atoms with Crippen molar-refractivity contribution >= 4 is 23.6 Å². The summed E-state index contributed by atoms with van der Waals surface area (Å²) in [5.74, 6) is -0.970. The maximum absolute atomic E-state index is 13.4. The van der Waals surface area contributed by atoms with Gasteiger partial charge in [-0.25, -0.2) is 9.18 Å². The standard InChI is InChI=1S/C20H21FN2O6/c1-27-16-9-7-13(11-17(16)28-2)8-10-19(25)29-12-18(24)23-20(26)22-15-6-4-3-5-14(15)21/h3-7,9,11H,8,10,12H2,1-2H3,(H2,22,23,24,26). The fourth-order valence-corrected chi connectivity index (χ4v) is 2.38. The van der Waals surface area contributed by atoms with E-state index < -0.39 is 30.3 Å². The van der Waals surface area contributed by atoms with Crippen LogP contribution >= 0.6 is 0 Å². The third-order valence-corrected chi connectivity index (χ3v) is 3.81. The van der Waals surface area contributed by atoms with Crippen LogP contribution in [-0.4, -0.2) is 38.7 Å². The van der Waals surface area contributed by atoms with Gasteiger partial charge in [-0.1, -0.05) is 18.2 Å². The fourth-order valence-electron chi connectivity index (χ4n) is 2.38. The number of benzene rings is 2. The van der Waals surface area contributed by atoms with E-state index in [2.05, 4.69) is 5.32 Å². The van der Waals surface area contributed by atoms with Gasteiger partial charge < -0.3 is 19.5 Å². The van der Waals surface area contributed by atoms with Crippen LogP contribution < -0.4 is 20.1 Å². The highest BCUT2D eigenvalue weighted by Crippen LogP contribution is 2.27. The summed E-state index contributed by atoms with van der Waals surface area (Å²) in [6, 6.07) is 9.82. The minimum Gasteiger partial charge on any atom is -0.493 e. The van der Waals surface area contributed by atoms with Gasteiger partial charge in [-0.3, -0.25) is 14.9 Å². The second kappa shape index (κ2) is 10.6. The van der Waals surface area contributed by atoms with Gasteiger partial charge in [0.15, 0.2) is 18.1 Å². The molecule has 2 rings (SSSR count). The molecule has 0 heterocycles. The number of ether oxygens (including phenoxy) is 3. The largest absolute Gasteiger partial charge is 0.493 e. The molecular weight excluding hydrogens is 383 g/mol. The fraction of sp³-hybridized carbons (Fsp3) is 0.250. The molecule has 0 atom stereocenters. The number of carbonyl (C=O) groups is 3. The Bertz CT molecular complexity index is 887. The lowest BCUT2D eigenvalue weighted by atomic mass is 10.1. The summed E-state index contributed by atoms with van der Waals surface area (Å²) in [5, 5.41) is 4.14. The van der Waals surface area contributed by atoms with Gasteiger partial charge in [0.2, 0.25) is 0 Å². The molecule has 0 spiro atoms. The van der Waals surface area contributed by atoms with E-state index in [9.17, 15) is 18.8 Å². The van der Waals surface area contributed by atoms with Crippen molar-refractivity contribution in [1.29, 1.82) is 0 Å². The first-order chi connectivity index (χ1) is 13.9. The molecule has 0 aliphatic carbocycles. The van der Waals surface area contributed by atoms with Crippen molar-refractivity contribution in [1.82, 2.24) is 5.32 Å². The van der Waals surface area contributed by atoms with Gasteiger partial charge in [0, 0.05) is 6.42 Å². The van der Waals surface area contributed by atoms with E-state index >= 15 is 0 Å². The SMILES string of the molecule is COc1ccc(CCC(=O)OCC(=O)NC(=O)Nc2ccccc2F)cc1OC. The van der Waals surface area contributed by atoms with Crippen molar-refractivity contribution < 1.29 is 33.0 Å². The Kier molecular flexibility index (Phi) is 7.96. The third-order valence-electron chi connectivity index (χ3n) is 3.81. The first-order valence-corrected chi connectivity index (χ1v) is 8.64. The predicted octanol–water partition coefficient (Wildman–Crippen LogP) is 2.67. The molecule has 0 saturated heterocycles. The Morgan fingerprint density at radius 1 is 1.00 bits per heavy atom. The molecular formula is C20H21FN2O6. The molecule has 2 aromatic rings. The van der Waals surface area contributed by atoms with E-state index in [1.54, 1.807) is 18.2 Å². The zero-order valence-corrected chi connectivity index (χ0v) is 16.0. The minimum absolute atomic E-state index is 0.0319. The van der Waals surface area contributed by atoms with E-state index in [0.717, 1.165) is 11.6 Å². The van der Waals surface area contributed by atoms with Crippen molar-refractivity contribution in [2.75, 3.05) is 26.1 Å². The Labute approximate surface area is 166 Å². The quantitative estimate of drug-likeness (QED) is 0.656. The number of hydrogen-bond donors (Lipinski definition) is 2. The highest BCUT2D eigenvalue weighted by atomic mass is 19.1. The average molecular weight is 404 g/mol. The molecule has 3 amide bonds. The summed E-state index contributed by atoms with van der Waals surface area (Å²) >= 11 is 0. The Morgan fingerprint density at radius 3 is 2.41 bits per heavy atom. The number of aryl methyl sites for hydroxylation is 1. The number of esters is 1. The average Bonchev–Trinajstić information content (AvgIpc) is 2.72. The van der Waals surface area contributed by atoms with Crippen LogP contribution in [0.3, 0.4) is 0 Å². The lowest BCUT2D eigenvalue weighted by molar-refractivity contribution is -0.148. The molecule has 9 heteroatoms. The van der Waals surface area contributed by atoms with Gasteiger partial charge in [-0.15, -0.1) is 0 Å². The zero-order valence-electron chi connectivity index (χ0n) is 16.0. The maximum Gasteiger partial charge on any atom is 0.326 e. The van der Waals surface area contributed by atoms with E-state index in [1.165, 1.54) is 32.4 Å². The summed E-state index contributed by atoms with van der Waals surface area (Å²) in [5.41, 5.74) is 0.748. The molecule has 29 heavy (non-hydrogen) atoms. The molecule has 0 aliphatic rings. The Hall–Kier alpha value is -3.62. The van der Waals surface area contributed by atoms with Crippen LogP contribution in [0.15, 0.2) is 42.5 Å². The Morgan fingerprint density at radius 2 is 1.72 bits per heavy atom. The summed E-state index contributed by atoms with van der Waals surface area (Å²) in [7, 11) is 3.04. The number of imide groups is 1. The molecule has 0 aliphatic heterocycles. The predicted molar refractivity (Wildman–Crippen MR) is 102 cm³/mol. The summed E-state index contributed by atoms with van der Waals surface area (Å²) in [4.78, 5) is 35.2. The number of urea groups is 1. The molecule has 0 fully saturated rings. The molecule has 154 valence electrons. The molecule has 0 aromatic heterocycles. The molecule has 0 unspecified atom stereocenters. The van der Waals surface area contributed by atoms with Crippen molar-refractivity contribution in [3.8, 4) is 11.5 Å². The minimum atomic E-state index is -0.929. The second-order valence-corrected chi connectivity index (χ2v) is 5.83. The number of halogens is 1. The lowest BCUT2D eigenvalue weighted by Crippen LogP contribution is -2.37. The maximum atomic E-state index is 13.4. The number of amides is 3. The van der Waals surface area contributed by atoms with Crippen LogP contribution in [0.5, 0.6) is 11.5 Å². The van der Waals surface area contributed by atoms with Crippen LogP contribution in [0.4, 0.5) is 14.9 Å². The third kappa shape index (κ3) is 6.80. The van der Waals surface area contributed by atoms with Crippen LogP contribution in [0, 0.1) is 5.82 Å². The summed E-state index contributed by atoms with van der Waals surface area (Å²) in [6.45, 7) is -0.630. The van der Waals surface area contributed by atoms with E-state index in [4.69, 9.17) is 14.2 Å². The number of methoxy groups -OCH3 is 2.